The van der Waals surface area contributed by atoms with Crippen molar-refractivity contribution in [3.63, 3.8) is 0 Å². The SMILES string of the molecule is C1=C\CC/C(C2CNC2)=C\CC/1. The average Bonchev–Trinajstić information content (AvgIpc) is 1.90. The van der Waals surface area contributed by atoms with Crippen molar-refractivity contribution in [3.05, 3.63) is 23.8 Å². The molecule has 0 amide bonds. The van der Waals surface area contributed by atoms with Crippen molar-refractivity contribution in [1.82, 2.24) is 5.32 Å². The van der Waals surface area contributed by atoms with Gasteiger partial charge in [0.1, 0.15) is 0 Å². The van der Waals surface area contributed by atoms with Crippen molar-refractivity contribution in [1.29, 1.82) is 0 Å². The predicted octanol–water partition coefficient (Wildman–Crippen LogP) is 2.26. The van der Waals surface area contributed by atoms with E-state index in [1.807, 2.05) is 0 Å². The van der Waals surface area contributed by atoms with Gasteiger partial charge in [0.05, 0.1) is 0 Å². The third-order valence-electron chi connectivity index (χ3n) is 2.81. The van der Waals surface area contributed by atoms with Gasteiger partial charge >= 0.3 is 0 Å². The molecule has 1 heteroatoms. The summed E-state index contributed by atoms with van der Waals surface area (Å²) in [6, 6.07) is 0. The van der Waals surface area contributed by atoms with Gasteiger partial charge in [-0.1, -0.05) is 23.8 Å². The number of rotatable bonds is 1. The number of hydrogen-bond donors (Lipinski definition) is 1. The maximum atomic E-state index is 3.34. The van der Waals surface area contributed by atoms with Crippen molar-refractivity contribution in [2.45, 2.75) is 25.7 Å². The summed E-state index contributed by atoms with van der Waals surface area (Å²) < 4.78 is 0. The summed E-state index contributed by atoms with van der Waals surface area (Å²) >= 11 is 0. The molecule has 0 aromatic heterocycles. The summed E-state index contributed by atoms with van der Waals surface area (Å²) in [5.41, 5.74) is 1.71. The Kier molecular flexibility index (Phi) is 2.62. The van der Waals surface area contributed by atoms with Gasteiger partial charge in [0.25, 0.3) is 0 Å². The minimum Gasteiger partial charge on any atom is -0.315 e. The highest BCUT2D eigenvalue weighted by Crippen LogP contribution is 2.23. The second-order valence-electron chi connectivity index (χ2n) is 3.72. The highest BCUT2D eigenvalue weighted by Gasteiger charge is 2.20. The van der Waals surface area contributed by atoms with Gasteiger partial charge in [0.2, 0.25) is 0 Å². The van der Waals surface area contributed by atoms with Crippen LogP contribution in [0.5, 0.6) is 0 Å². The zero-order valence-corrected chi connectivity index (χ0v) is 7.55. The summed E-state index contributed by atoms with van der Waals surface area (Å²) in [5.74, 6) is 0.872. The van der Waals surface area contributed by atoms with Crippen LogP contribution in [0.3, 0.4) is 0 Å². The van der Waals surface area contributed by atoms with Crippen molar-refractivity contribution < 1.29 is 0 Å². The molecular formula is C11H17N. The minimum absolute atomic E-state index is 0.872. The van der Waals surface area contributed by atoms with Crippen LogP contribution in [-0.2, 0) is 0 Å². The molecule has 1 fully saturated rings. The van der Waals surface area contributed by atoms with Crippen LogP contribution in [0.15, 0.2) is 23.8 Å². The third-order valence-corrected chi connectivity index (χ3v) is 2.81. The molecule has 0 aromatic rings. The first-order valence-electron chi connectivity index (χ1n) is 5.01. The fourth-order valence-electron chi connectivity index (χ4n) is 1.87. The van der Waals surface area contributed by atoms with E-state index in [-0.39, 0.29) is 0 Å². The molecule has 1 N–H and O–H groups in total. The first kappa shape index (κ1) is 8.06. The van der Waals surface area contributed by atoms with Gasteiger partial charge in [-0.25, -0.2) is 0 Å². The van der Waals surface area contributed by atoms with Crippen LogP contribution in [-0.4, -0.2) is 13.1 Å². The Balaban J connectivity index is 1.93. The zero-order chi connectivity index (χ0) is 8.23. The van der Waals surface area contributed by atoms with Crippen LogP contribution in [0, 0.1) is 5.92 Å². The molecule has 1 aliphatic carbocycles. The van der Waals surface area contributed by atoms with Crippen molar-refractivity contribution in [2.75, 3.05) is 13.1 Å². The average molecular weight is 163 g/mol. The van der Waals surface area contributed by atoms with Crippen molar-refractivity contribution in [3.8, 4) is 0 Å². The van der Waals surface area contributed by atoms with Crippen LogP contribution in [0.4, 0.5) is 0 Å². The van der Waals surface area contributed by atoms with Crippen LogP contribution in [0.1, 0.15) is 25.7 Å². The van der Waals surface area contributed by atoms with E-state index in [1.54, 1.807) is 5.57 Å². The van der Waals surface area contributed by atoms with E-state index in [4.69, 9.17) is 0 Å². The standard InChI is InChI=1S/C11H17N/c1-2-4-6-10(7-5-3-1)11-8-12-9-11/h1-2,7,11-12H,3-6,8-9H2/b2-1-,10-7+. The lowest BCUT2D eigenvalue weighted by atomic mass is 9.88. The lowest BCUT2D eigenvalue weighted by Gasteiger charge is -2.30. The normalized spacial score (nSPS) is 32.5. The van der Waals surface area contributed by atoms with Gasteiger partial charge < -0.3 is 5.32 Å². The van der Waals surface area contributed by atoms with Gasteiger partial charge in [0.15, 0.2) is 0 Å². The molecule has 2 rings (SSSR count). The molecule has 0 radical (unpaired) electrons. The maximum absolute atomic E-state index is 3.34. The molecule has 0 saturated carbocycles. The molecule has 0 atom stereocenters. The van der Waals surface area contributed by atoms with Crippen LogP contribution >= 0.6 is 0 Å². The Morgan fingerprint density at radius 1 is 1.08 bits per heavy atom. The van der Waals surface area contributed by atoms with Gasteiger partial charge in [-0.05, 0) is 25.7 Å². The highest BCUT2D eigenvalue weighted by molar-refractivity contribution is 5.13. The van der Waals surface area contributed by atoms with E-state index in [0.717, 1.165) is 5.92 Å². The summed E-state index contributed by atoms with van der Waals surface area (Å²) in [5, 5.41) is 3.34. The molecule has 0 spiro atoms. The van der Waals surface area contributed by atoms with Crippen LogP contribution in [0.25, 0.3) is 0 Å². The largest absolute Gasteiger partial charge is 0.315 e. The monoisotopic (exact) mass is 163 g/mol. The molecule has 1 heterocycles. The highest BCUT2D eigenvalue weighted by atomic mass is 14.9. The summed E-state index contributed by atoms with van der Waals surface area (Å²) in [6.45, 7) is 2.44. The van der Waals surface area contributed by atoms with E-state index in [0.29, 0.717) is 0 Å². The maximum Gasteiger partial charge on any atom is 0.00475 e. The molecule has 0 unspecified atom stereocenters. The summed E-state index contributed by atoms with van der Waals surface area (Å²) in [7, 11) is 0. The molecule has 12 heavy (non-hydrogen) atoms. The molecule has 1 aliphatic heterocycles. The first-order valence-corrected chi connectivity index (χ1v) is 5.01. The Bertz CT molecular complexity index is 199. The van der Waals surface area contributed by atoms with Crippen molar-refractivity contribution >= 4 is 0 Å². The van der Waals surface area contributed by atoms with Crippen LogP contribution < -0.4 is 5.32 Å². The zero-order valence-electron chi connectivity index (χ0n) is 7.55. The fraction of sp³-hybridized carbons (Fsp3) is 0.636. The van der Waals surface area contributed by atoms with Gasteiger partial charge in [-0.3, -0.25) is 0 Å². The summed E-state index contributed by atoms with van der Waals surface area (Å²) in [4.78, 5) is 0. The van der Waals surface area contributed by atoms with Gasteiger partial charge in [-0.2, -0.15) is 0 Å². The predicted molar refractivity (Wildman–Crippen MR) is 52.1 cm³/mol. The lowest BCUT2D eigenvalue weighted by molar-refractivity contribution is 0.389. The number of allylic oxidation sites excluding steroid dienone is 3. The molecule has 2 aliphatic rings. The molecule has 1 saturated heterocycles. The topological polar surface area (TPSA) is 12.0 Å². The third kappa shape index (κ3) is 1.78. The number of hydrogen-bond acceptors (Lipinski definition) is 1. The Morgan fingerprint density at radius 2 is 1.92 bits per heavy atom. The Labute approximate surface area is 74.5 Å². The smallest absolute Gasteiger partial charge is 0.00475 e. The molecular weight excluding hydrogens is 146 g/mol. The molecule has 1 nitrogen and oxygen atoms in total. The number of nitrogens with one attached hydrogen (secondary N) is 1. The second-order valence-corrected chi connectivity index (χ2v) is 3.72. The molecule has 66 valence electrons. The summed E-state index contributed by atoms with van der Waals surface area (Å²) in [6.07, 6.45) is 12.2. The van der Waals surface area contributed by atoms with E-state index in [9.17, 15) is 0 Å². The first-order chi connectivity index (χ1) is 5.97. The van der Waals surface area contributed by atoms with E-state index in [1.165, 1.54) is 38.8 Å². The minimum atomic E-state index is 0.872. The van der Waals surface area contributed by atoms with Gasteiger partial charge in [-0.15, -0.1) is 0 Å². The van der Waals surface area contributed by atoms with Crippen molar-refractivity contribution in [2.24, 2.45) is 5.92 Å². The Morgan fingerprint density at radius 3 is 2.67 bits per heavy atom. The van der Waals surface area contributed by atoms with E-state index >= 15 is 0 Å². The molecule has 0 aromatic carbocycles. The quantitative estimate of drug-likeness (QED) is 0.585. The fourth-order valence-corrected chi connectivity index (χ4v) is 1.87. The second kappa shape index (κ2) is 3.90. The molecule has 0 bridgehead atoms. The van der Waals surface area contributed by atoms with E-state index in [2.05, 4.69) is 23.5 Å². The lowest BCUT2D eigenvalue weighted by Crippen LogP contribution is -2.43. The Hall–Kier alpha value is -0.560. The van der Waals surface area contributed by atoms with Crippen LogP contribution in [0.2, 0.25) is 0 Å². The van der Waals surface area contributed by atoms with Gasteiger partial charge in [0, 0.05) is 19.0 Å². The van der Waals surface area contributed by atoms with E-state index < -0.39 is 0 Å².